The van der Waals surface area contributed by atoms with Gasteiger partial charge in [0, 0.05) is 0 Å². The Morgan fingerprint density at radius 2 is 1.35 bits per heavy atom. The van der Waals surface area contributed by atoms with Gasteiger partial charge in [0.15, 0.2) is 0 Å². The quantitative estimate of drug-likeness (QED) is 0.251. The number of hydrogen-bond acceptors (Lipinski definition) is 0. The minimum atomic E-state index is 0.746. The highest BCUT2D eigenvalue weighted by atomic mass is 14.3. The van der Waals surface area contributed by atoms with Crippen molar-refractivity contribution >= 4 is 0 Å². The van der Waals surface area contributed by atoms with Gasteiger partial charge in [0.25, 0.3) is 0 Å². The highest BCUT2D eigenvalue weighted by molar-refractivity contribution is 5.05. The van der Waals surface area contributed by atoms with E-state index in [1.54, 1.807) is 5.57 Å². The Balaban J connectivity index is 4.15. The molecule has 0 spiro atoms. The summed E-state index contributed by atoms with van der Waals surface area (Å²) in [5.41, 5.74) is 1.67. The van der Waals surface area contributed by atoms with Crippen LogP contribution >= 0.6 is 0 Å². The van der Waals surface area contributed by atoms with E-state index in [2.05, 4.69) is 68.4 Å². The van der Waals surface area contributed by atoms with Crippen LogP contribution < -0.4 is 0 Å². The molecule has 23 heavy (non-hydrogen) atoms. The number of hydrogen-bond donors (Lipinski definition) is 0. The van der Waals surface area contributed by atoms with Gasteiger partial charge in [-0.2, -0.15) is 0 Å². The normalized spacial score (nSPS) is 19.5. The summed E-state index contributed by atoms with van der Waals surface area (Å²) in [5, 5.41) is 0. The molecule has 0 aromatic rings. The van der Waals surface area contributed by atoms with Crippen LogP contribution in [0.15, 0.2) is 11.6 Å². The fourth-order valence-corrected chi connectivity index (χ4v) is 3.65. The Hall–Kier alpha value is -0.260. The molecule has 0 heteroatoms. The second-order valence-corrected chi connectivity index (χ2v) is 8.53. The highest BCUT2D eigenvalue weighted by Gasteiger charge is 2.22. The van der Waals surface area contributed by atoms with Gasteiger partial charge < -0.3 is 0 Å². The fourth-order valence-electron chi connectivity index (χ4n) is 3.65. The first-order valence-electron chi connectivity index (χ1n) is 10.4. The molecule has 138 valence electrons. The zero-order valence-electron chi connectivity index (χ0n) is 17.8. The van der Waals surface area contributed by atoms with Gasteiger partial charge in [-0.25, -0.2) is 0 Å². The Kier molecular flexibility index (Phi) is 12.0. The molecule has 0 aromatic heterocycles. The second-order valence-electron chi connectivity index (χ2n) is 8.53. The molecule has 0 aliphatic heterocycles. The maximum absolute atomic E-state index is 2.54. The van der Waals surface area contributed by atoms with E-state index in [1.165, 1.54) is 38.5 Å². The molecule has 0 heterocycles. The topological polar surface area (TPSA) is 0 Å². The average Bonchev–Trinajstić information content (AvgIpc) is 2.54. The molecule has 0 radical (unpaired) electrons. The van der Waals surface area contributed by atoms with Crippen molar-refractivity contribution < 1.29 is 0 Å². The summed E-state index contributed by atoms with van der Waals surface area (Å²) in [5.74, 6) is 4.95. The van der Waals surface area contributed by atoms with Crippen LogP contribution in [0.3, 0.4) is 0 Å². The van der Waals surface area contributed by atoms with E-state index in [0.717, 1.165) is 35.5 Å². The largest absolute Gasteiger partial charge is 0.0851 e. The van der Waals surface area contributed by atoms with Gasteiger partial charge in [0.1, 0.15) is 0 Å². The molecule has 0 saturated carbocycles. The second kappa shape index (κ2) is 12.2. The molecule has 5 unspecified atom stereocenters. The van der Waals surface area contributed by atoms with Crippen molar-refractivity contribution in [1.29, 1.82) is 0 Å². The van der Waals surface area contributed by atoms with E-state index in [-0.39, 0.29) is 0 Å². The first-order chi connectivity index (χ1) is 10.8. The standard InChI is InChI=1S/C23H46/c1-10-18(5)21(8)22(9)19(6)15-13-12-14-16-23(11-2)20(7)17(3)4/h16-22H,10-15H2,1-9H3. The van der Waals surface area contributed by atoms with Crippen LogP contribution in [-0.2, 0) is 0 Å². The van der Waals surface area contributed by atoms with Crippen molar-refractivity contribution in [2.45, 2.75) is 101 Å². The molecule has 0 N–H and O–H groups in total. The van der Waals surface area contributed by atoms with E-state index in [9.17, 15) is 0 Å². The SMILES string of the molecule is CCC(=CCCCCC(C)C(C)C(C)C(C)CC)C(C)C(C)C. The molecule has 0 aliphatic carbocycles. The monoisotopic (exact) mass is 322 g/mol. The predicted molar refractivity (Wildman–Crippen MR) is 108 cm³/mol. The van der Waals surface area contributed by atoms with Gasteiger partial charge in [0.05, 0.1) is 0 Å². The van der Waals surface area contributed by atoms with Crippen LogP contribution in [0.1, 0.15) is 101 Å². The number of unbranched alkanes of at least 4 members (excludes halogenated alkanes) is 2. The molecule has 5 atom stereocenters. The van der Waals surface area contributed by atoms with Crippen molar-refractivity contribution in [3.63, 3.8) is 0 Å². The Morgan fingerprint density at radius 1 is 0.783 bits per heavy atom. The van der Waals surface area contributed by atoms with Crippen LogP contribution in [-0.4, -0.2) is 0 Å². The molecular weight excluding hydrogens is 276 g/mol. The zero-order valence-corrected chi connectivity index (χ0v) is 17.8. The molecule has 0 rings (SSSR count). The van der Waals surface area contributed by atoms with Crippen molar-refractivity contribution in [2.75, 3.05) is 0 Å². The summed E-state index contributed by atoms with van der Waals surface area (Å²) in [6.07, 6.45) is 10.5. The summed E-state index contributed by atoms with van der Waals surface area (Å²) in [4.78, 5) is 0. The predicted octanol–water partition coefficient (Wildman–Crippen LogP) is 8.13. The van der Waals surface area contributed by atoms with E-state index in [4.69, 9.17) is 0 Å². The van der Waals surface area contributed by atoms with Gasteiger partial charge in [-0.15, -0.1) is 0 Å². The maximum atomic E-state index is 2.54. The zero-order chi connectivity index (χ0) is 18.0. The average molecular weight is 323 g/mol. The first kappa shape index (κ1) is 22.7. The Morgan fingerprint density at radius 3 is 1.83 bits per heavy atom. The third-order valence-electron chi connectivity index (χ3n) is 6.78. The van der Waals surface area contributed by atoms with Gasteiger partial charge in [-0.05, 0) is 54.8 Å². The third-order valence-corrected chi connectivity index (χ3v) is 6.78. The van der Waals surface area contributed by atoms with Crippen LogP contribution in [0, 0.1) is 35.5 Å². The van der Waals surface area contributed by atoms with Crippen LogP contribution in [0.5, 0.6) is 0 Å². The van der Waals surface area contributed by atoms with Gasteiger partial charge in [0.2, 0.25) is 0 Å². The highest BCUT2D eigenvalue weighted by Crippen LogP contribution is 2.31. The molecular formula is C23H46. The summed E-state index contributed by atoms with van der Waals surface area (Å²) < 4.78 is 0. The van der Waals surface area contributed by atoms with Crippen molar-refractivity contribution in [1.82, 2.24) is 0 Å². The Bertz CT molecular complexity index is 312. The van der Waals surface area contributed by atoms with Crippen LogP contribution in [0.25, 0.3) is 0 Å². The van der Waals surface area contributed by atoms with Crippen molar-refractivity contribution in [3.8, 4) is 0 Å². The molecule has 0 nitrogen and oxygen atoms in total. The fraction of sp³-hybridized carbons (Fsp3) is 0.913. The minimum Gasteiger partial charge on any atom is -0.0851 e. The summed E-state index contributed by atoms with van der Waals surface area (Å²) in [6, 6.07) is 0. The summed E-state index contributed by atoms with van der Waals surface area (Å²) in [7, 11) is 0. The first-order valence-corrected chi connectivity index (χ1v) is 10.4. The van der Waals surface area contributed by atoms with Crippen LogP contribution in [0.2, 0.25) is 0 Å². The third kappa shape index (κ3) is 8.41. The number of rotatable bonds is 12. The van der Waals surface area contributed by atoms with E-state index in [0.29, 0.717) is 0 Å². The van der Waals surface area contributed by atoms with E-state index < -0.39 is 0 Å². The smallest absolute Gasteiger partial charge is 0.0209 e. The molecule has 0 saturated heterocycles. The summed E-state index contributed by atoms with van der Waals surface area (Å²) >= 11 is 0. The van der Waals surface area contributed by atoms with E-state index in [1.807, 2.05) is 0 Å². The van der Waals surface area contributed by atoms with Crippen molar-refractivity contribution in [3.05, 3.63) is 11.6 Å². The molecule has 0 aliphatic rings. The minimum absolute atomic E-state index is 0.746. The number of allylic oxidation sites excluding steroid dienone is 2. The van der Waals surface area contributed by atoms with Gasteiger partial charge in [-0.1, -0.05) is 93.2 Å². The van der Waals surface area contributed by atoms with Crippen molar-refractivity contribution in [2.24, 2.45) is 35.5 Å². The van der Waals surface area contributed by atoms with Gasteiger partial charge >= 0.3 is 0 Å². The molecule has 0 fully saturated rings. The lowest BCUT2D eigenvalue weighted by Crippen LogP contribution is -2.22. The lowest BCUT2D eigenvalue weighted by atomic mass is 9.76. The molecule has 0 amide bonds. The Labute approximate surface area is 148 Å². The lowest BCUT2D eigenvalue weighted by molar-refractivity contribution is 0.198. The molecule has 0 bridgehead atoms. The molecule has 0 aromatic carbocycles. The van der Waals surface area contributed by atoms with Crippen LogP contribution in [0.4, 0.5) is 0 Å². The van der Waals surface area contributed by atoms with E-state index >= 15 is 0 Å². The maximum Gasteiger partial charge on any atom is -0.0209 e. The van der Waals surface area contributed by atoms with Gasteiger partial charge in [-0.3, -0.25) is 0 Å². The summed E-state index contributed by atoms with van der Waals surface area (Å²) in [6.45, 7) is 21.5. The lowest BCUT2D eigenvalue weighted by Gasteiger charge is -2.30.